The second-order valence-corrected chi connectivity index (χ2v) is 0.812. The number of carboxylic acid groups (broad SMARTS) is 1. The third-order valence-electron chi connectivity index (χ3n) is 0.145. The van der Waals surface area contributed by atoms with Crippen LogP contribution in [0.5, 0.6) is 0 Å². The highest BCUT2D eigenvalue weighted by Crippen LogP contribution is 1.91. The number of carbonyl (C=O) groups is 1. The van der Waals surface area contributed by atoms with Gasteiger partial charge in [-0.25, -0.2) is 4.79 Å². The van der Waals surface area contributed by atoms with Crippen LogP contribution in [0.1, 0.15) is 0 Å². The predicted octanol–water partition coefficient (Wildman–Crippen LogP) is 1.00. The lowest BCUT2D eigenvalue weighted by Gasteiger charge is -1.88. The maximum absolute atomic E-state index is 10.8. The Morgan fingerprint density at radius 3 is 2.17 bits per heavy atom. The van der Waals surface area contributed by atoms with E-state index < -0.39 is 10.7 Å². The van der Waals surface area contributed by atoms with Gasteiger partial charge in [-0.1, -0.05) is 4.48 Å². The number of amides is 1. The van der Waals surface area contributed by atoms with E-state index in [-0.39, 0.29) is 0 Å². The van der Waals surface area contributed by atoms with E-state index >= 15 is 0 Å². The highest BCUT2D eigenvalue weighted by molar-refractivity contribution is 6.18. The van der Waals surface area contributed by atoms with Crippen LogP contribution in [0.4, 0.5) is 9.28 Å². The second kappa shape index (κ2) is 1.81. The van der Waals surface area contributed by atoms with Crippen molar-refractivity contribution in [3.05, 3.63) is 0 Å². The Balaban J connectivity index is 3.26. The van der Waals surface area contributed by atoms with Crippen LogP contribution in [-0.2, 0) is 0 Å². The summed E-state index contributed by atoms with van der Waals surface area (Å²) in [4.78, 5) is 9.12. The molecule has 0 saturated heterocycles. The van der Waals surface area contributed by atoms with Gasteiger partial charge in [0.25, 0.3) is 0 Å². The van der Waals surface area contributed by atoms with Gasteiger partial charge in [0.15, 0.2) is 0 Å². The van der Waals surface area contributed by atoms with Crippen LogP contribution in [0.2, 0.25) is 0 Å². The normalized spacial score (nSPS) is 7.67. The van der Waals surface area contributed by atoms with E-state index in [1.807, 2.05) is 0 Å². The SMILES string of the molecule is O=C(O)N(F)Cl. The molecule has 6 heavy (non-hydrogen) atoms. The summed E-state index contributed by atoms with van der Waals surface area (Å²) in [5, 5.41) is 7.41. The lowest BCUT2D eigenvalue weighted by atomic mass is 11.3. The summed E-state index contributed by atoms with van der Waals surface area (Å²) in [5.41, 5.74) is 0. The highest BCUT2D eigenvalue weighted by Gasteiger charge is 2.02. The number of nitrogens with zero attached hydrogens (tertiary/aromatic N) is 1. The predicted molar refractivity (Wildman–Crippen MR) is 16.8 cm³/mol. The van der Waals surface area contributed by atoms with Crippen LogP contribution in [0.3, 0.4) is 0 Å². The summed E-state index contributed by atoms with van der Waals surface area (Å²) < 4.78 is 9.88. The molecule has 0 spiro atoms. The minimum atomic E-state index is -1.81. The molecular weight excluding hydrogens is 112 g/mol. The summed E-state index contributed by atoms with van der Waals surface area (Å²) in [7, 11) is 0. The van der Waals surface area contributed by atoms with Crippen molar-refractivity contribution in [1.82, 2.24) is 4.64 Å². The fourth-order valence-electron chi connectivity index (χ4n) is 0. The zero-order valence-electron chi connectivity index (χ0n) is 2.56. The van der Waals surface area contributed by atoms with Crippen molar-refractivity contribution in [3.63, 3.8) is 0 Å². The summed E-state index contributed by atoms with van der Waals surface area (Å²) in [6.45, 7) is 0. The second-order valence-electron chi connectivity index (χ2n) is 0.515. The van der Waals surface area contributed by atoms with Crippen LogP contribution < -0.4 is 0 Å². The monoisotopic (exact) mass is 113 g/mol. The Kier molecular flexibility index (Phi) is 1.66. The summed E-state index contributed by atoms with van der Waals surface area (Å²) in [5.74, 6) is 0. The fourth-order valence-corrected chi connectivity index (χ4v) is 0. The lowest BCUT2D eigenvalue weighted by Crippen LogP contribution is -2.06. The molecule has 0 aliphatic rings. The number of halogens is 2. The molecule has 0 aromatic heterocycles. The Labute approximate surface area is 38.0 Å². The van der Waals surface area contributed by atoms with Gasteiger partial charge in [0.05, 0.1) is 11.8 Å². The topological polar surface area (TPSA) is 40.5 Å². The van der Waals surface area contributed by atoms with Crippen molar-refractivity contribution in [1.29, 1.82) is 0 Å². The van der Waals surface area contributed by atoms with Crippen LogP contribution in [0.25, 0.3) is 0 Å². The van der Waals surface area contributed by atoms with E-state index in [2.05, 4.69) is 11.8 Å². The molecule has 0 unspecified atom stereocenters. The summed E-state index contributed by atoms with van der Waals surface area (Å²) in [6.07, 6.45) is -1.81. The molecule has 0 aromatic rings. The Bertz CT molecular complexity index is 64.6. The van der Waals surface area contributed by atoms with Crippen molar-refractivity contribution in [2.24, 2.45) is 0 Å². The van der Waals surface area contributed by atoms with E-state index in [0.717, 1.165) is 0 Å². The van der Waals surface area contributed by atoms with E-state index in [9.17, 15) is 4.48 Å². The van der Waals surface area contributed by atoms with Crippen molar-refractivity contribution in [2.45, 2.75) is 0 Å². The third kappa shape index (κ3) is 1.78. The molecule has 0 bridgehead atoms. The van der Waals surface area contributed by atoms with Gasteiger partial charge in [0.1, 0.15) is 0 Å². The molecule has 0 heterocycles. The molecule has 0 aliphatic carbocycles. The molecule has 5 heteroatoms. The minimum Gasteiger partial charge on any atom is -0.462 e. The quantitative estimate of drug-likeness (QED) is 0.476. The van der Waals surface area contributed by atoms with E-state index in [0.29, 0.717) is 0 Å². The van der Waals surface area contributed by atoms with E-state index in [1.54, 1.807) is 0 Å². The van der Waals surface area contributed by atoms with Crippen molar-refractivity contribution >= 4 is 17.9 Å². The van der Waals surface area contributed by atoms with Crippen LogP contribution in [-0.4, -0.2) is 15.8 Å². The Morgan fingerprint density at radius 1 is 2.00 bits per heavy atom. The van der Waals surface area contributed by atoms with Crippen molar-refractivity contribution in [3.8, 4) is 0 Å². The zero-order valence-corrected chi connectivity index (χ0v) is 3.31. The smallest absolute Gasteiger partial charge is 0.451 e. The largest absolute Gasteiger partial charge is 0.462 e. The van der Waals surface area contributed by atoms with Crippen LogP contribution in [0, 0.1) is 0 Å². The van der Waals surface area contributed by atoms with Crippen molar-refractivity contribution in [2.75, 3.05) is 0 Å². The molecule has 0 aliphatic heterocycles. The molecule has 3 nitrogen and oxygen atoms in total. The average molecular weight is 113 g/mol. The number of hydrogen-bond acceptors (Lipinski definition) is 1. The van der Waals surface area contributed by atoms with Crippen LogP contribution in [0.15, 0.2) is 0 Å². The van der Waals surface area contributed by atoms with Crippen LogP contribution >= 0.6 is 11.8 Å². The first-order valence-corrected chi connectivity index (χ1v) is 1.33. The van der Waals surface area contributed by atoms with Gasteiger partial charge in [-0.05, 0) is 4.64 Å². The molecule has 0 saturated carbocycles. The van der Waals surface area contributed by atoms with Gasteiger partial charge in [-0.2, -0.15) is 0 Å². The Hall–Kier alpha value is -0.510. The van der Waals surface area contributed by atoms with E-state index in [1.165, 1.54) is 0 Å². The Morgan fingerprint density at radius 2 is 2.17 bits per heavy atom. The molecule has 0 rings (SSSR count). The van der Waals surface area contributed by atoms with Gasteiger partial charge in [-0.3, -0.25) is 0 Å². The molecule has 1 amide bonds. The first-order valence-electron chi connectivity index (χ1n) is 0.989. The summed E-state index contributed by atoms with van der Waals surface area (Å²) >= 11 is 4.18. The van der Waals surface area contributed by atoms with Crippen molar-refractivity contribution < 1.29 is 14.4 Å². The molecule has 1 N–H and O–H groups in total. The average Bonchev–Trinajstić information content (AvgIpc) is 1.36. The fraction of sp³-hybridized carbons (Fsp3) is 0. The molecular formula is CHClFNO2. The molecule has 0 atom stereocenters. The standard InChI is InChI=1S/CHClFNO2/c2-4(3)1(5)6/h(H,5,6). The van der Waals surface area contributed by atoms with E-state index in [4.69, 9.17) is 9.90 Å². The van der Waals surface area contributed by atoms with Gasteiger partial charge in [0.2, 0.25) is 0 Å². The third-order valence-corrected chi connectivity index (χ3v) is 0.289. The molecule has 0 aromatic carbocycles. The van der Waals surface area contributed by atoms with Gasteiger partial charge < -0.3 is 5.11 Å². The minimum absolute atomic E-state index is 0.944. The number of hydrogen-bond donors (Lipinski definition) is 1. The van der Waals surface area contributed by atoms with Gasteiger partial charge >= 0.3 is 6.09 Å². The summed E-state index contributed by atoms with van der Waals surface area (Å²) in [6, 6.07) is 0. The van der Waals surface area contributed by atoms with Gasteiger partial charge in [-0.15, -0.1) is 0 Å². The molecule has 0 fully saturated rings. The first kappa shape index (κ1) is 5.49. The molecule has 36 valence electrons. The number of rotatable bonds is 0. The first-order chi connectivity index (χ1) is 2.64. The lowest BCUT2D eigenvalue weighted by molar-refractivity contribution is 0.104. The molecule has 0 radical (unpaired) electrons. The highest BCUT2D eigenvalue weighted by atomic mass is 35.5. The maximum atomic E-state index is 10.8. The van der Waals surface area contributed by atoms with Gasteiger partial charge in [0, 0.05) is 0 Å². The maximum Gasteiger partial charge on any atom is 0.451 e. The zero-order chi connectivity index (χ0) is 5.15.